The van der Waals surface area contributed by atoms with Crippen LogP contribution < -0.4 is 5.32 Å². The van der Waals surface area contributed by atoms with Crippen LogP contribution in [0, 0.1) is 0 Å². The van der Waals surface area contributed by atoms with E-state index in [9.17, 15) is 9.18 Å². The molecule has 58 valence electrons. The summed E-state index contributed by atoms with van der Waals surface area (Å²) in [5, 5.41) is 2.44. The molecule has 1 aromatic rings. The average Bonchev–Trinajstić information content (AvgIpc) is 2.06. The van der Waals surface area contributed by atoms with E-state index in [0.717, 1.165) is 0 Å². The molecule has 0 atom stereocenters. The first-order valence-electron chi connectivity index (χ1n) is 3.22. The first-order chi connectivity index (χ1) is 5.36. The molecule has 2 nitrogen and oxygen atoms in total. The van der Waals surface area contributed by atoms with Crippen LogP contribution >= 0.6 is 0 Å². The molecule has 3 heteroatoms. The number of hydrogen-bond donors (Lipinski definition) is 1. The highest BCUT2D eigenvalue weighted by atomic mass is 19.1. The van der Waals surface area contributed by atoms with Crippen LogP contribution in [0.5, 0.6) is 0 Å². The molecule has 1 rings (SSSR count). The number of benzene rings is 1. The highest BCUT2D eigenvalue weighted by molar-refractivity contribution is 5.71. The van der Waals surface area contributed by atoms with E-state index in [4.69, 9.17) is 0 Å². The van der Waals surface area contributed by atoms with Crippen LogP contribution in [-0.2, 0) is 11.5 Å². The van der Waals surface area contributed by atoms with E-state index in [1.165, 1.54) is 0 Å². The fraction of sp³-hybridized carbons (Fsp3) is 0.125. The van der Waals surface area contributed by atoms with E-state index in [1.54, 1.807) is 24.3 Å². The van der Waals surface area contributed by atoms with Crippen molar-refractivity contribution in [2.75, 3.05) is 5.32 Å². The normalized spacial score (nSPS) is 9.18. The predicted octanol–water partition coefficient (Wildman–Crippen LogP) is 1.72. The van der Waals surface area contributed by atoms with Crippen molar-refractivity contribution >= 4 is 12.1 Å². The van der Waals surface area contributed by atoms with Crippen LogP contribution in [0.4, 0.5) is 10.1 Å². The van der Waals surface area contributed by atoms with Crippen molar-refractivity contribution in [3.63, 3.8) is 0 Å². The molecule has 1 amide bonds. The zero-order valence-corrected chi connectivity index (χ0v) is 5.88. The Bertz CT molecular complexity index is 250. The Labute approximate surface area is 64.0 Å². The van der Waals surface area contributed by atoms with Crippen LogP contribution in [0.25, 0.3) is 0 Å². The van der Waals surface area contributed by atoms with Gasteiger partial charge in [-0.1, -0.05) is 12.1 Å². The third-order valence-corrected chi connectivity index (χ3v) is 1.31. The lowest BCUT2D eigenvalue weighted by molar-refractivity contribution is -0.105. The summed E-state index contributed by atoms with van der Waals surface area (Å²) < 4.78 is 12.0. The maximum atomic E-state index is 12.0. The van der Waals surface area contributed by atoms with Gasteiger partial charge in [0.1, 0.15) is 6.67 Å². The van der Waals surface area contributed by atoms with Gasteiger partial charge in [-0.05, 0) is 17.7 Å². The zero-order chi connectivity index (χ0) is 8.10. The van der Waals surface area contributed by atoms with Gasteiger partial charge in [0.15, 0.2) is 0 Å². The summed E-state index contributed by atoms with van der Waals surface area (Å²) in [6.45, 7) is -0.506. The van der Waals surface area contributed by atoms with Crippen LogP contribution in [0.1, 0.15) is 5.56 Å². The van der Waals surface area contributed by atoms with Gasteiger partial charge in [0.25, 0.3) is 0 Å². The monoisotopic (exact) mass is 153 g/mol. The highest BCUT2D eigenvalue weighted by Gasteiger charge is 1.92. The first-order valence-corrected chi connectivity index (χ1v) is 3.22. The average molecular weight is 153 g/mol. The van der Waals surface area contributed by atoms with E-state index in [-0.39, 0.29) is 0 Å². The molecule has 0 aromatic heterocycles. The molecule has 0 aliphatic heterocycles. The van der Waals surface area contributed by atoms with Crippen molar-refractivity contribution in [3.8, 4) is 0 Å². The van der Waals surface area contributed by atoms with E-state index in [2.05, 4.69) is 5.32 Å². The van der Waals surface area contributed by atoms with Gasteiger partial charge in [-0.3, -0.25) is 4.79 Å². The lowest BCUT2D eigenvalue weighted by Crippen LogP contribution is -1.93. The van der Waals surface area contributed by atoms with Gasteiger partial charge in [0.2, 0.25) is 6.41 Å². The first kappa shape index (κ1) is 7.72. The Morgan fingerprint density at radius 1 is 1.55 bits per heavy atom. The Balaban J connectivity index is 2.82. The smallest absolute Gasteiger partial charge is 0.211 e. The summed E-state index contributed by atoms with van der Waals surface area (Å²) in [4.78, 5) is 9.97. The molecule has 0 heterocycles. The molecular formula is C8H8FNO. The minimum atomic E-state index is -0.506. The molecule has 0 unspecified atom stereocenters. The van der Waals surface area contributed by atoms with E-state index in [1.807, 2.05) is 0 Å². The van der Waals surface area contributed by atoms with Crippen molar-refractivity contribution < 1.29 is 9.18 Å². The summed E-state index contributed by atoms with van der Waals surface area (Å²) in [6, 6.07) is 6.65. The quantitative estimate of drug-likeness (QED) is 0.658. The number of halogens is 1. The number of anilines is 1. The van der Waals surface area contributed by atoms with Crippen LogP contribution in [-0.4, -0.2) is 6.41 Å². The van der Waals surface area contributed by atoms with E-state index in [0.29, 0.717) is 17.7 Å². The number of hydrogen-bond acceptors (Lipinski definition) is 1. The summed E-state index contributed by atoms with van der Waals surface area (Å²) in [7, 11) is 0. The van der Waals surface area contributed by atoms with Gasteiger partial charge in [0.05, 0.1) is 0 Å². The minimum absolute atomic E-state index is 0.506. The van der Waals surface area contributed by atoms with Crippen molar-refractivity contribution in [2.24, 2.45) is 0 Å². The van der Waals surface area contributed by atoms with E-state index >= 15 is 0 Å². The van der Waals surface area contributed by atoms with E-state index < -0.39 is 6.67 Å². The lowest BCUT2D eigenvalue weighted by atomic mass is 10.2. The number of carbonyl (C=O) groups excluding carboxylic acids is 1. The van der Waals surface area contributed by atoms with Crippen molar-refractivity contribution in [2.45, 2.75) is 6.67 Å². The molecule has 1 aromatic carbocycles. The Morgan fingerprint density at radius 3 is 3.00 bits per heavy atom. The second kappa shape index (κ2) is 3.71. The van der Waals surface area contributed by atoms with Gasteiger partial charge in [-0.2, -0.15) is 0 Å². The van der Waals surface area contributed by atoms with Crippen LogP contribution in [0.2, 0.25) is 0 Å². The molecule has 0 radical (unpaired) electrons. The molecule has 0 aliphatic rings. The molecule has 0 aliphatic carbocycles. The summed E-state index contributed by atoms with van der Waals surface area (Å²) in [5.74, 6) is 0. The third kappa shape index (κ3) is 2.04. The standard InChI is InChI=1S/C8H8FNO/c9-5-7-2-1-3-8(4-7)10-6-11/h1-4,6H,5H2,(H,10,11). The number of rotatable bonds is 3. The van der Waals surface area contributed by atoms with Crippen molar-refractivity contribution in [1.29, 1.82) is 0 Å². The SMILES string of the molecule is O=CNc1cccc(CF)c1. The molecule has 0 spiro atoms. The fourth-order valence-corrected chi connectivity index (χ4v) is 0.812. The Morgan fingerprint density at radius 2 is 2.36 bits per heavy atom. The number of alkyl halides is 1. The molecular weight excluding hydrogens is 145 g/mol. The van der Waals surface area contributed by atoms with Gasteiger partial charge in [-0.15, -0.1) is 0 Å². The largest absolute Gasteiger partial charge is 0.329 e. The maximum absolute atomic E-state index is 12.0. The predicted molar refractivity (Wildman–Crippen MR) is 40.9 cm³/mol. The highest BCUT2D eigenvalue weighted by Crippen LogP contribution is 2.10. The Kier molecular flexibility index (Phi) is 2.60. The lowest BCUT2D eigenvalue weighted by Gasteiger charge is -1.98. The van der Waals surface area contributed by atoms with Crippen LogP contribution in [0.3, 0.4) is 0 Å². The third-order valence-electron chi connectivity index (χ3n) is 1.31. The van der Waals surface area contributed by atoms with Gasteiger partial charge in [0, 0.05) is 5.69 Å². The van der Waals surface area contributed by atoms with Gasteiger partial charge >= 0.3 is 0 Å². The van der Waals surface area contributed by atoms with Crippen molar-refractivity contribution in [1.82, 2.24) is 0 Å². The van der Waals surface area contributed by atoms with Gasteiger partial charge < -0.3 is 5.32 Å². The molecule has 1 N–H and O–H groups in total. The second-order valence-electron chi connectivity index (χ2n) is 2.10. The molecule has 0 bridgehead atoms. The fourth-order valence-electron chi connectivity index (χ4n) is 0.812. The topological polar surface area (TPSA) is 29.1 Å². The summed E-state index contributed by atoms with van der Waals surface area (Å²) in [5.41, 5.74) is 1.19. The number of amides is 1. The van der Waals surface area contributed by atoms with Gasteiger partial charge in [-0.25, -0.2) is 4.39 Å². The molecule has 0 saturated carbocycles. The molecule has 0 saturated heterocycles. The van der Waals surface area contributed by atoms with Crippen molar-refractivity contribution in [3.05, 3.63) is 29.8 Å². The number of carbonyl (C=O) groups is 1. The Hall–Kier alpha value is -1.38. The summed E-state index contributed by atoms with van der Waals surface area (Å²) in [6.07, 6.45) is 0.567. The number of nitrogens with one attached hydrogen (secondary N) is 1. The maximum Gasteiger partial charge on any atom is 0.211 e. The summed E-state index contributed by atoms with van der Waals surface area (Å²) >= 11 is 0. The second-order valence-corrected chi connectivity index (χ2v) is 2.10. The molecule has 11 heavy (non-hydrogen) atoms. The van der Waals surface area contributed by atoms with Crippen LogP contribution in [0.15, 0.2) is 24.3 Å². The minimum Gasteiger partial charge on any atom is -0.329 e. The molecule has 0 fully saturated rings. The zero-order valence-electron chi connectivity index (χ0n) is 5.88.